The summed E-state index contributed by atoms with van der Waals surface area (Å²) < 4.78 is 0. The predicted molar refractivity (Wildman–Crippen MR) is 88.6 cm³/mol. The van der Waals surface area contributed by atoms with Gasteiger partial charge in [-0.25, -0.2) is 9.97 Å². The van der Waals surface area contributed by atoms with Gasteiger partial charge < -0.3 is 10.6 Å². The number of hydrogen-bond acceptors (Lipinski definition) is 4. The smallest absolute Gasteiger partial charge is 0.254 e. The molecule has 0 spiro atoms. The van der Waals surface area contributed by atoms with Gasteiger partial charge >= 0.3 is 0 Å². The average molecular weight is 319 g/mol. The van der Waals surface area contributed by atoms with Gasteiger partial charge in [0.05, 0.1) is 5.56 Å². The summed E-state index contributed by atoms with van der Waals surface area (Å²) in [7, 11) is 0. The lowest BCUT2D eigenvalue weighted by Gasteiger charge is -2.06. The topological polar surface area (TPSA) is 66.9 Å². The second kappa shape index (κ2) is 8.34. The molecule has 0 unspecified atom stereocenters. The van der Waals surface area contributed by atoms with E-state index in [9.17, 15) is 4.79 Å². The Hall–Kier alpha value is -2.14. The number of aromatic nitrogens is 2. The van der Waals surface area contributed by atoms with Crippen molar-refractivity contribution in [1.82, 2.24) is 15.3 Å². The van der Waals surface area contributed by atoms with E-state index < -0.39 is 0 Å². The summed E-state index contributed by atoms with van der Waals surface area (Å²) in [4.78, 5) is 20.2. The maximum absolute atomic E-state index is 11.9. The van der Waals surface area contributed by atoms with Gasteiger partial charge in [-0.05, 0) is 30.7 Å². The van der Waals surface area contributed by atoms with Crippen LogP contribution in [-0.4, -0.2) is 22.4 Å². The molecule has 1 aromatic heterocycles. The number of unbranched alkanes of at least 4 members (excludes halogenated alkanes) is 2. The van der Waals surface area contributed by atoms with Gasteiger partial charge in [-0.3, -0.25) is 4.79 Å². The first-order valence-electron chi connectivity index (χ1n) is 7.32. The largest absolute Gasteiger partial charge is 0.352 e. The summed E-state index contributed by atoms with van der Waals surface area (Å²) >= 11 is 5.83. The summed E-state index contributed by atoms with van der Waals surface area (Å²) in [5.41, 5.74) is 1.29. The Bertz CT molecular complexity index is 599. The fourth-order valence-electron chi connectivity index (χ4n) is 1.85. The molecule has 2 rings (SSSR count). The van der Waals surface area contributed by atoms with Crippen LogP contribution in [0.3, 0.4) is 0 Å². The number of nitrogens with zero attached hydrogens (tertiary/aromatic N) is 2. The molecule has 1 aromatic carbocycles. The minimum absolute atomic E-state index is 0.144. The number of rotatable bonds is 7. The second-order valence-electron chi connectivity index (χ2n) is 4.89. The zero-order chi connectivity index (χ0) is 15.8. The van der Waals surface area contributed by atoms with E-state index in [2.05, 4.69) is 27.5 Å². The van der Waals surface area contributed by atoms with Gasteiger partial charge in [-0.2, -0.15) is 0 Å². The van der Waals surface area contributed by atoms with Crippen LogP contribution in [-0.2, 0) is 0 Å². The molecule has 0 fully saturated rings. The lowest BCUT2D eigenvalue weighted by Crippen LogP contribution is -2.24. The minimum atomic E-state index is -0.144. The van der Waals surface area contributed by atoms with Crippen molar-refractivity contribution >= 4 is 29.1 Å². The molecule has 22 heavy (non-hydrogen) atoms. The van der Waals surface area contributed by atoms with E-state index in [1.54, 1.807) is 12.1 Å². The molecule has 0 radical (unpaired) electrons. The highest BCUT2D eigenvalue weighted by Crippen LogP contribution is 2.16. The van der Waals surface area contributed by atoms with E-state index in [1.165, 1.54) is 12.4 Å². The summed E-state index contributed by atoms with van der Waals surface area (Å²) in [6.45, 7) is 2.81. The molecular weight excluding hydrogens is 300 g/mol. The van der Waals surface area contributed by atoms with Crippen LogP contribution >= 0.6 is 11.6 Å². The molecular formula is C16H19ClN4O. The summed E-state index contributed by atoms with van der Waals surface area (Å²) in [6, 6.07) is 7.23. The van der Waals surface area contributed by atoms with E-state index in [0.29, 0.717) is 23.1 Å². The first kappa shape index (κ1) is 16.2. The quantitative estimate of drug-likeness (QED) is 0.762. The standard InChI is InChI=1S/C16H19ClN4O/c1-2-3-4-9-18-15(22)12-10-19-16(20-11-12)21-14-7-5-13(17)6-8-14/h5-8,10-11H,2-4,9H2,1H3,(H,18,22)(H,19,20,21). The monoisotopic (exact) mass is 318 g/mol. The minimum Gasteiger partial charge on any atom is -0.352 e. The van der Waals surface area contributed by atoms with Gasteiger partial charge in [0.25, 0.3) is 5.91 Å². The molecule has 2 aromatic rings. The highest BCUT2D eigenvalue weighted by atomic mass is 35.5. The number of benzene rings is 1. The maximum Gasteiger partial charge on any atom is 0.254 e. The third-order valence-corrected chi connectivity index (χ3v) is 3.33. The van der Waals surface area contributed by atoms with Crippen molar-refractivity contribution in [2.75, 3.05) is 11.9 Å². The van der Waals surface area contributed by atoms with Crippen molar-refractivity contribution in [3.05, 3.63) is 47.2 Å². The van der Waals surface area contributed by atoms with Gasteiger partial charge in [-0.15, -0.1) is 0 Å². The molecule has 0 aliphatic rings. The van der Waals surface area contributed by atoms with E-state index in [1.807, 2.05) is 12.1 Å². The SMILES string of the molecule is CCCCCNC(=O)c1cnc(Nc2ccc(Cl)cc2)nc1. The Kier molecular flexibility index (Phi) is 6.15. The molecule has 1 amide bonds. The van der Waals surface area contributed by atoms with Crippen LogP contribution in [0.1, 0.15) is 36.5 Å². The Morgan fingerprint density at radius 3 is 2.45 bits per heavy atom. The number of anilines is 2. The lowest BCUT2D eigenvalue weighted by atomic mass is 10.2. The van der Waals surface area contributed by atoms with Crippen LogP contribution in [0.25, 0.3) is 0 Å². The van der Waals surface area contributed by atoms with Crippen molar-refractivity contribution in [3.8, 4) is 0 Å². The average Bonchev–Trinajstić information content (AvgIpc) is 2.54. The van der Waals surface area contributed by atoms with E-state index in [0.717, 1.165) is 24.9 Å². The number of nitrogens with one attached hydrogen (secondary N) is 2. The van der Waals surface area contributed by atoms with Crippen molar-refractivity contribution in [1.29, 1.82) is 0 Å². The maximum atomic E-state index is 11.9. The van der Waals surface area contributed by atoms with E-state index in [-0.39, 0.29) is 5.91 Å². The molecule has 0 atom stereocenters. The van der Waals surface area contributed by atoms with Gasteiger partial charge in [0.1, 0.15) is 0 Å². The van der Waals surface area contributed by atoms with Crippen LogP contribution in [0.2, 0.25) is 5.02 Å². The predicted octanol–water partition coefficient (Wildman–Crippen LogP) is 3.79. The molecule has 0 saturated carbocycles. The second-order valence-corrected chi connectivity index (χ2v) is 5.33. The van der Waals surface area contributed by atoms with Crippen molar-refractivity contribution < 1.29 is 4.79 Å². The zero-order valence-corrected chi connectivity index (χ0v) is 13.2. The molecule has 0 saturated heterocycles. The molecule has 0 aliphatic carbocycles. The Labute approximate surface area is 135 Å². The lowest BCUT2D eigenvalue weighted by molar-refractivity contribution is 0.0952. The van der Waals surface area contributed by atoms with Crippen molar-refractivity contribution in [3.63, 3.8) is 0 Å². The Morgan fingerprint density at radius 1 is 1.14 bits per heavy atom. The van der Waals surface area contributed by atoms with Crippen LogP contribution in [0.15, 0.2) is 36.7 Å². The van der Waals surface area contributed by atoms with Gasteiger partial charge in [-0.1, -0.05) is 31.4 Å². The fraction of sp³-hybridized carbons (Fsp3) is 0.312. The summed E-state index contributed by atoms with van der Waals surface area (Å²) in [5.74, 6) is 0.291. The van der Waals surface area contributed by atoms with Gasteiger partial charge in [0, 0.05) is 29.6 Å². The molecule has 0 aliphatic heterocycles. The molecule has 2 N–H and O–H groups in total. The third kappa shape index (κ3) is 5.00. The number of carbonyl (C=O) groups is 1. The molecule has 1 heterocycles. The molecule has 5 nitrogen and oxygen atoms in total. The first-order chi connectivity index (χ1) is 10.7. The van der Waals surface area contributed by atoms with Crippen LogP contribution < -0.4 is 10.6 Å². The van der Waals surface area contributed by atoms with E-state index >= 15 is 0 Å². The van der Waals surface area contributed by atoms with Crippen LogP contribution in [0.5, 0.6) is 0 Å². The van der Waals surface area contributed by atoms with Crippen molar-refractivity contribution in [2.45, 2.75) is 26.2 Å². The van der Waals surface area contributed by atoms with E-state index in [4.69, 9.17) is 11.6 Å². The van der Waals surface area contributed by atoms with Crippen LogP contribution in [0, 0.1) is 0 Å². The summed E-state index contributed by atoms with van der Waals surface area (Å²) in [5, 5.41) is 6.57. The molecule has 116 valence electrons. The van der Waals surface area contributed by atoms with Crippen LogP contribution in [0.4, 0.5) is 11.6 Å². The Morgan fingerprint density at radius 2 is 1.82 bits per heavy atom. The summed E-state index contributed by atoms with van der Waals surface area (Å²) in [6.07, 6.45) is 6.25. The highest BCUT2D eigenvalue weighted by Gasteiger charge is 2.06. The zero-order valence-electron chi connectivity index (χ0n) is 12.5. The number of carbonyl (C=O) groups excluding carboxylic acids is 1. The molecule has 0 bridgehead atoms. The number of amides is 1. The fourth-order valence-corrected chi connectivity index (χ4v) is 1.98. The molecule has 6 heteroatoms. The number of hydrogen-bond donors (Lipinski definition) is 2. The first-order valence-corrected chi connectivity index (χ1v) is 7.69. The number of halogens is 1. The highest BCUT2D eigenvalue weighted by molar-refractivity contribution is 6.30. The van der Waals surface area contributed by atoms with Gasteiger partial charge in [0.2, 0.25) is 5.95 Å². The van der Waals surface area contributed by atoms with Crippen molar-refractivity contribution in [2.24, 2.45) is 0 Å². The Balaban J connectivity index is 1.89. The normalized spacial score (nSPS) is 10.3. The third-order valence-electron chi connectivity index (χ3n) is 3.08. The van der Waals surface area contributed by atoms with Gasteiger partial charge in [0.15, 0.2) is 0 Å².